The van der Waals surface area contributed by atoms with Crippen molar-refractivity contribution in [2.45, 2.75) is 138 Å². The van der Waals surface area contributed by atoms with Crippen LogP contribution in [0.1, 0.15) is 153 Å². The smallest absolute Gasteiger partial charge is 0.416 e. The number of aliphatic carboxylic acids is 1. The predicted octanol–water partition coefficient (Wildman–Crippen LogP) is 7.92. The van der Waals surface area contributed by atoms with Crippen LogP contribution in [0.15, 0.2) is 132 Å². The normalized spacial score (nSPS) is 12.5. The number of carbonyl (C=O) groups is 8. The Labute approximate surface area is 589 Å². The molecule has 26 nitrogen and oxygen atoms in total. The fourth-order valence-corrected chi connectivity index (χ4v) is 11.8. The number of anilines is 3. The molecule has 13 N–H and O–H groups in total. The van der Waals surface area contributed by atoms with E-state index in [0.717, 1.165) is 105 Å². The standard InChI is InChI=1S/C70H80F6N14O12S/c1-90(42-51-41-82-60-58(84-51)59(77)88-68(78)89-60)52-29-23-45(24-30-52)62(93)85-54(67(99)100)31-32-57(91)79-33-9-6-4-2-3-5-7-10-34-80-61(92)47-16-14-18-53(40-47)103(101,102)83-36-12-8-11-35-81-64(95)55(37-43-19-25-49(26-20-43)69(71,72)73)87-65(96)56(38-44-21-27-50(28-22-44)70(74,75)76)86-63(94)46-15-13-17-48(39-46)66(97)98/h13-30,39-41,54-56,83H,2-12,31-38,42H2,1H3,(H,79,91)(H,80,92)(H,81,95)(H,85,93)(H,86,94)(H,87,96)(H,97,98)(H,99,100)(H4,77,78,82,88,89)/t54?,55-,56-/m0/s1. The molecule has 7 aromatic rings. The lowest BCUT2D eigenvalue weighted by atomic mass is 10.0. The van der Waals surface area contributed by atoms with Crippen molar-refractivity contribution >= 4 is 86.0 Å². The van der Waals surface area contributed by atoms with Crippen molar-refractivity contribution in [3.8, 4) is 0 Å². The number of unbranched alkanes of at least 4 members (excludes halogenated alkanes) is 9. The molecule has 0 radical (unpaired) electrons. The molecule has 33 heteroatoms. The monoisotopic (exact) mass is 1450 g/mol. The van der Waals surface area contributed by atoms with Crippen LogP contribution in [0, 0.1) is 0 Å². The van der Waals surface area contributed by atoms with E-state index in [2.05, 4.69) is 56.6 Å². The van der Waals surface area contributed by atoms with E-state index in [0.29, 0.717) is 43.7 Å². The number of rotatable bonds is 39. The van der Waals surface area contributed by atoms with Crippen LogP contribution in [-0.2, 0) is 60.9 Å². The van der Waals surface area contributed by atoms with Gasteiger partial charge in [-0.1, -0.05) is 81.3 Å². The SMILES string of the molecule is CN(Cc1cnc2nc(N)nc(N)c2n1)c1ccc(C(=O)NC(CCC(=O)NCCCCCCCCCCNC(=O)c2cccc(S(=O)(=O)NCCCCCNC(=O)[C@H](Cc3ccc(C(F)(F)F)cc3)NC(=O)[C@H](Cc3ccc(C(F)(F)F)cc3)NC(=O)c3cccc(C(=O)O)c3)c2)C(=O)O)cc1. The summed E-state index contributed by atoms with van der Waals surface area (Å²) in [7, 11) is -2.27. The number of sulfonamides is 1. The minimum atomic E-state index is -4.70. The van der Waals surface area contributed by atoms with Gasteiger partial charge in [0.05, 0.1) is 40.0 Å². The lowest BCUT2D eigenvalue weighted by Crippen LogP contribution is -2.55. The molecule has 0 saturated carbocycles. The number of carboxylic acid groups (broad SMARTS) is 2. The van der Waals surface area contributed by atoms with Crippen molar-refractivity contribution in [3.05, 3.63) is 178 Å². The van der Waals surface area contributed by atoms with Crippen molar-refractivity contribution in [1.29, 1.82) is 0 Å². The molecular weight excluding hydrogens is 1370 g/mol. The van der Waals surface area contributed by atoms with Gasteiger partial charge in [0.1, 0.15) is 18.1 Å². The average molecular weight is 1460 g/mol. The number of halogens is 6. The first-order valence-corrected chi connectivity index (χ1v) is 34.5. The summed E-state index contributed by atoms with van der Waals surface area (Å²) in [4.78, 5) is 122. The zero-order chi connectivity index (χ0) is 74.9. The van der Waals surface area contributed by atoms with E-state index in [1.807, 2.05) is 11.9 Å². The number of carbonyl (C=O) groups excluding carboxylic acids is 6. The Morgan fingerprint density at radius 1 is 0.534 bits per heavy atom. The van der Waals surface area contributed by atoms with Crippen LogP contribution >= 0.6 is 0 Å². The van der Waals surface area contributed by atoms with Gasteiger partial charge >= 0.3 is 24.3 Å². The van der Waals surface area contributed by atoms with Crippen LogP contribution in [0.4, 0.5) is 43.8 Å². The average Bonchev–Trinajstić information content (AvgIpc) is 0.820. The summed E-state index contributed by atoms with van der Waals surface area (Å²) in [6, 6.07) is 19.9. The molecule has 0 aliphatic heterocycles. The first kappa shape index (κ1) is 79.5. The maximum atomic E-state index is 14.1. The highest BCUT2D eigenvalue weighted by Gasteiger charge is 2.33. The third-order valence-electron chi connectivity index (χ3n) is 16.4. The Bertz CT molecular complexity index is 4210. The number of fused-ring (bicyclic) bond motifs is 1. The third kappa shape index (κ3) is 25.3. The number of nitrogens with zero attached hydrogens (tertiary/aromatic N) is 5. The molecule has 3 atom stereocenters. The van der Waals surface area contributed by atoms with E-state index >= 15 is 0 Å². The lowest BCUT2D eigenvalue weighted by Gasteiger charge is -2.24. The summed E-state index contributed by atoms with van der Waals surface area (Å²) in [5.74, 6) is -6.74. The Morgan fingerprint density at radius 2 is 1.04 bits per heavy atom. The molecule has 1 unspecified atom stereocenters. The number of aromatic nitrogens is 4. The van der Waals surface area contributed by atoms with Crippen molar-refractivity contribution < 1.29 is 83.3 Å². The zero-order valence-electron chi connectivity index (χ0n) is 56.0. The first-order chi connectivity index (χ1) is 48.9. The maximum absolute atomic E-state index is 14.1. The van der Waals surface area contributed by atoms with Crippen molar-refractivity contribution in [3.63, 3.8) is 0 Å². The lowest BCUT2D eigenvalue weighted by molar-refractivity contribution is -0.140. The minimum absolute atomic E-state index is 0.0152. The molecule has 0 fully saturated rings. The van der Waals surface area contributed by atoms with Gasteiger partial charge in [0.25, 0.3) is 17.7 Å². The van der Waals surface area contributed by atoms with Gasteiger partial charge in [0.2, 0.25) is 33.7 Å². The number of hydrogen-bond acceptors (Lipinski definition) is 17. The number of alkyl halides is 6. The number of aromatic carboxylic acids is 1. The molecule has 0 aliphatic rings. The fourth-order valence-electron chi connectivity index (χ4n) is 10.7. The molecule has 5 aromatic carbocycles. The number of nitrogen functional groups attached to an aromatic ring is 2. The number of amides is 6. The molecule has 103 heavy (non-hydrogen) atoms. The largest absolute Gasteiger partial charge is 0.480 e. The first-order valence-electron chi connectivity index (χ1n) is 33.0. The Hall–Kier alpha value is -10.8. The van der Waals surface area contributed by atoms with Crippen LogP contribution in [-0.4, -0.2) is 137 Å². The van der Waals surface area contributed by atoms with Crippen LogP contribution in [0.5, 0.6) is 0 Å². The molecule has 0 aliphatic carbocycles. The molecule has 2 heterocycles. The highest BCUT2D eigenvalue weighted by molar-refractivity contribution is 7.89. The fraction of sp³-hybridized carbons (Fsp3) is 0.371. The van der Waals surface area contributed by atoms with E-state index in [-0.39, 0.29) is 107 Å². The number of benzene rings is 5. The van der Waals surface area contributed by atoms with Crippen LogP contribution < -0.4 is 53.0 Å². The van der Waals surface area contributed by atoms with Crippen molar-refractivity contribution in [1.82, 2.24) is 56.6 Å². The van der Waals surface area contributed by atoms with E-state index in [1.54, 1.807) is 30.5 Å². The van der Waals surface area contributed by atoms with Gasteiger partial charge in [0, 0.05) is 74.9 Å². The summed E-state index contributed by atoms with van der Waals surface area (Å²) < 4.78 is 110. The van der Waals surface area contributed by atoms with Crippen LogP contribution in [0.2, 0.25) is 0 Å². The van der Waals surface area contributed by atoms with E-state index in [1.165, 1.54) is 42.5 Å². The van der Waals surface area contributed by atoms with E-state index in [4.69, 9.17) is 11.5 Å². The van der Waals surface area contributed by atoms with Gasteiger partial charge in [0.15, 0.2) is 17.0 Å². The number of nitrogens with two attached hydrogens (primary N) is 2. The molecule has 0 spiro atoms. The molecule has 0 saturated heterocycles. The second kappa shape index (κ2) is 37.7. The molecule has 550 valence electrons. The zero-order valence-corrected chi connectivity index (χ0v) is 56.9. The highest BCUT2D eigenvalue weighted by Crippen LogP contribution is 2.31. The second-order valence-electron chi connectivity index (χ2n) is 24.3. The Balaban J connectivity index is 0.760. The van der Waals surface area contributed by atoms with Gasteiger partial charge in [-0.25, -0.2) is 32.7 Å². The Morgan fingerprint density at radius 3 is 1.62 bits per heavy atom. The highest BCUT2D eigenvalue weighted by atomic mass is 32.2. The van der Waals surface area contributed by atoms with Crippen LogP contribution in [0.3, 0.4) is 0 Å². The Kier molecular flexibility index (Phi) is 29.1. The van der Waals surface area contributed by atoms with Gasteiger partial charge < -0.3 is 58.5 Å². The van der Waals surface area contributed by atoms with Gasteiger partial charge in [-0.2, -0.15) is 36.3 Å². The quantitative estimate of drug-likeness (QED) is 0.0129. The van der Waals surface area contributed by atoms with Gasteiger partial charge in [-0.15, -0.1) is 0 Å². The van der Waals surface area contributed by atoms with E-state index in [9.17, 15) is 83.3 Å². The van der Waals surface area contributed by atoms with Crippen molar-refractivity contribution in [2.24, 2.45) is 0 Å². The topological polar surface area (TPSA) is 402 Å². The summed E-state index contributed by atoms with van der Waals surface area (Å²) in [6.45, 7) is 1.04. The molecule has 6 amide bonds. The minimum Gasteiger partial charge on any atom is -0.480 e. The molecule has 2 aromatic heterocycles. The number of carboxylic acids is 2. The molecule has 0 bridgehead atoms. The summed E-state index contributed by atoms with van der Waals surface area (Å²) in [5, 5.41) is 35.0. The number of nitrogens with one attached hydrogen (secondary N) is 7. The van der Waals surface area contributed by atoms with Crippen LogP contribution in [0.25, 0.3) is 11.2 Å². The predicted molar refractivity (Wildman–Crippen MR) is 368 cm³/mol. The second-order valence-corrected chi connectivity index (χ2v) is 26.1. The third-order valence-corrected chi connectivity index (χ3v) is 17.8. The maximum Gasteiger partial charge on any atom is 0.416 e. The van der Waals surface area contributed by atoms with Crippen molar-refractivity contribution in [2.75, 3.05) is 49.6 Å². The summed E-state index contributed by atoms with van der Waals surface area (Å²) in [6.07, 6.45) is -1.09. The summed E-state index contributed by atoms with van der Waals surface area (Å²) in [5.41, 5.74) is 11.7. The van der Waals surface area contributed by atoms with Gasteiger partial charge in [-0.3, -0.25) is 28.8 Å². The molecule has 7 rings (SSSR count). The number of hydrogen-bond donors (Lipinski definition) is 11. The summed E-state index contributed by atoms with van der Waals surface area (Å²) >= 11 is 0. The molecular formula is C70H80F6N14O12S. The van der Waals surface area contributed by atoms with E-state index < -0.39 is 99.5 Å². The van der Waals surface area contributed by atoms with Gasteiger partial charge in [-0.05, 0) is 128 Å².